The highest BCUT2D eigenvalue weighted by Crippen LogP contribution is 2.23. The number of nitrogens with zero attached hydrogens (tertiary/aromatic N) is 1. The molecule has 0 fully saturated rings. The fourth-order valence-corrected chi connectivity index (χ4v) is 2.51. The monoisotopic (exact) mass is 328 g/mol. The maximum absolute atomic E-state index is 3.37. The molecule has 3 heteroatoms. The van der Waals surface area contributed by atoms with Crippen LogP contribution in [0.15, 0.2) is 24.4 Å². The summed E-state index contributed by atoms with van der Waals surface area (Å²) in [5.41, 5.74) is 2.70. The lowest BCUT2D eigenvalue weighted by Crippen LogP contribution is -2.20. The fraction of sp³-hybridized carbons (Fsp3) is 0.385. The SMILES string of the molecule is CCN(C)CCc1c[nH]c2c(I)cccc12. The van der Waals surface area contributed by atoms with Crippen molar-refractivity contribution < 1.29 is 0 Å². The second-order valence-corrected chi connectivity index (χ2v) is 5.28. The summed E-state index contributed by atoms with van der Waals surface area (Å²) < 4.78 is 1.30. The van der Waals surface area contributed by atoms with Crippen LogP contribution >= 0.6 is 22.6 Å². The Morgan fingerprint density at radius 1 is 1.38 bits per heavy atom. The number of fused-ring (bicyclic) bond motifs is 1. The van der Waals surface area contributed by atoms with Gasteiger partial charge < -0.3 is 9.88 Å². The minimum atomic E-state index is 1.11. The van der Waals surface area contributed by atoms with Gasteiger partial charge in [0, 0.05) is 21.7 Å². The van der Waals surface area contributed by atoms with Crippen LogP contribution in [0.1, 0.15) is 12.5 Å². The van der Waals surface area contributed by atoms with Gasteiger partial charge >= 0.3 is 0 Å². The Bertz CT molecular complexity index is 476. The van der Waals surface area contributed by atoms with E-state index in [1.807, 2.05) is 0 Å². The van der Waals surface area contributed by atoms with Gasteiger partial charge in [0.25, 0.3) is 0 Å². The zero-order chi connectivity index (χ0) is 11.5. The van der Waals surface area contributed by atoms with Crippen LogP contribution in [-0.4, -0.2) is 30.0 Å². The van der Waals surface area contributed by atoms with Gasteiger partial charge in [-0.25, -0.2) is 0 Å². The molecule has 1 aromatic carbocycles. The summed E-state index contributed by atoms with van der Waals surface area (Å²) in [6.45, 7) is 4.42. The molecule has 1 aromatic heterocycles. The van der Waals surface area contributed by atoms with Gasteiger partial charge in [0.15, 0.2) is 0 Å². The number of H-pyrrole nitrogens is 1. The average Bonchev–Trinajstić information content (AvgIpc) is 2.70. The van der Waals surface area contributed by atoms with Gasteiger partial charge in [0.05, 0.1) is 5.52 Å². The predicted octanol–water partition coefficient (Wildman–Crippen LogP) is 3.27. The van der Waals surface area contributed by atoms with Gasteiger partial charge in [-0.2, -0.15) is 0 Å². The molecule has 0 atom stereocenters. The molecule has 0 saturated carbocycles. The topological polar surface area (TPSA) is 19.0 Å². The lowest BCUT2D eigenvalue weighted by atomic mass is 10.1. The molecule has 16 heavy (non-hydrogen) atoms. The highest BCUT2D eigenvalue weighted by Gasteiger charge is 2.06. The molecule has 1 N–H and O–H groups in total. The van der Waals surface area contributed by atoms with E-state index in [0.717, 1.165) is 19.5 Å². The Hall–Kier alpha value is -0.550. The molecule has 86 valence electrons. The van der Waals surface area contributed by atoms with Crippen LogP contribution in [0.4, 0.5) is 0 Å². The molecule has 0 unspecified atom stereocenters. The van der Waals surface area contributed by atoms with Crippen molar-refractivity contribution in [3.8, 4) is 0 Å². The molecule has 2 aromatic rings. The number of benzene rings is 1. The molecular formula is C13H17IN2. The van der Waals surface area contributed by atoms with E-state index in [1.165, 1.54) is 20.0 Å². The smallest absolute Gasteiger partial charge is 0.0592 e. The molecule has 0 amide bonds. The van der Waals surface area contributed by atoms with Crippen molar-refractivity contribution in [2.45, 2.75) is 13.3 Å². The zero-order valence-corrected chi connectivity index (χ0v) is 11.9. The summed E-state index contributed by atoms with van der Waals surface area (Å²) >= 11 is 2.38. The molecule has 0 aliphatic carbocycles. The van der Waals surface area contributed by atoms with Crippen molar-refractivity contribution in [2.75, 3.05) is 20.1 Å². The third-order valence-corrected chi connectivity index (χ3v) is 3.95. The van der Waals surface area contributed by atoms with Crippen molar-refractivity contribution in [1.29, 1.82) is 0 Å². The van der Waals surface area contributed by atoms with E-state index in [0.29, 0.717) is 0 Å². The van der Waals surface area contributed by atoms with E-state index in [2.05, 4.69) is 70.8 Å². The van der Waals surface area contributed by atoms with E-state index in [4.69, 9.17) is 0 Å². The van der Waals surface area contributed by atoms with Crippen LogP contribution in [0, 0.1) is 3.57 Å². The largest absolute Gasteiger partial charge is 0.360 e. The first kappa shape index (κ1) is 11.9. The number of likely N-dealkylation sites (N-methyl/N-ethyl adjacent to an activating group) is 1. The Morgan fingerprint density at radius 3 is 2.94 bits per heavy atom. The first-order valence-electron chi connectivity index (χ1n) is 5.65. The van der Waals surface area contributed by atoms with Crippen molar-refractivity contribution >= 4 is 33.5 Å². The molecule has 0 saturated heterocycles. The predicted molar refractivity (Wildman–Crippen MR) is 77.9 cm³/mol. The van der Waals surface area contributed by atoms with Crippen molar-refractivity contribution in [3.05, 3.63) is 33.5 Å². The number of aromatic amines is 1. The van der Waals surface area contributed by atoms with Crippen LogP contribution in [0.3, 0.4) is 0 Å². The van der Waals surface area contributed by atoms with Gasteiger partial charge in [-0.05, 0) is 54.2 Å². The molecule has 2 rings (SSSR count). The number of nitrogens with one attached hydrogen (secondary N) is 1. The highest BCUT2D eigenvalue weighted by atomic mass is 127. The van der Waals surface area contributed by atoms with E-state index < -0.39 is 0 Å². The summed E-state index contributed by atoms with van der Waals surface area (Å²) in [5.74, 6) is 0. The number of hydrogen-bond acceptors (Lipinski definition) is 1. The standard InChI is InChI=1S/C13H17IN2/c1-3-16(2)8-7-10-9-15-13-11(10)5-4-6-12(13)14/h4-6,9,15H,3,7-8H2,1-2H3. The van der Waals surface area contributed by atoms with Crippen molar-refractivity contribution in [3.63, 3.8) is 0 Å². The fourth-order valence-electron chi connectivity index (χ4n) is 1.85. The normalized spacial score (nSPS) is 11.5. The molecule has 1 heterocycles. The second kappa shape index (κ2) is 5.19. The molecule has 0 bridgehead atoms. The van der Waals surface area contributed by atoms with Crippen LogP contribution in [0.25, 0.3) is 10.9 Å². The molecule has 0 spiro atoms. The second-order valence-electron chi connectivity index (χ2n) is 4.12. The van der Waals surface area contributed by atoms with Gasteiger partial charge in [-0.15, -0.1) is 0 Å². The number of halogens is 1. The van der Waals surface area contributed by atoms with E-state index in [1.54, 1.807) is 0 Å². The molecule has 0 radical (unpaired) electrons. The van der Waals surface area contributed by atoms with Crippen molar-refractivity contribution in [2.24, 2.45) is 0 Å². The number of aromatic nitrogens is 1. The van der Waals surface area contributed by atoms with Gasteiger partial charge in [-0.3, -0.25) is 0 Å². The number of hydrogen-bond donors (Lipinski definition) is 1. The first-order chi connectivity index (χ1) is 7.72. The highest BCUT2D eigenvalue weighted by molar-refractivity contribution is 14.1. The molecular weight excluding hydrogens is 311 g/mol. The third-order valence-electron chi connectivity index (χ3n) is 3.05. The van der Waals surface area contributed by atoms with Gasteiger partial charge in [0.1, 0.15) is 0 Å². The summed E-state index contributed by atoms with van der Waals surface area (Å²) in [5, 5.41) is 1.37. The van der Waals surface area contributed by atoms with Crippen LogP contribution in [0.5, 0.6) is 0 Å². The maximum Gasteiger partial charge on any atom is 0.0592 e. The van der Waals surface area contributed by atoms with Gasteiger partial charge in [-0.1, -0.05) is 19.1 Å². The van der Waals surface area contributed by atoms with E-state index in [-0.39, 0.29) is 0 Å². The van der Waals surface area contributed by atoms with Gasteiger partial charge in [0.2, 0.25) is 0 Å². The van der Waals surface area contributed by atoms with Crippen molar-refractivity contribution in [1.82, 2.24) is 9.88 Å². The van der Waals surface area contributed by atoms with Crippen LogP contribution in [-0.2, 0) is 6.42 Å². The molecule has 0 aliphatic rings. The minimum absolute atomic E-state index is 1.11. The third kappa shape index (κ3) is 2.40. The lowest BCUT2D eigenvalue weighted by molar-refractivity contribution is 0.358. The molecule has 2 nitrogen and oxygen atoms in total. The minimum Gasteiger partial charge on any atom is -0.360 e. The Labute approximate surface area is 110 Å². The molecule has 0 aliphatic heterocycles. The Morgan fingerprint density at radius 2 is 2.19 bits per heavy atom. The quantitative estimate of drug-likeness (QED) is 0.854. The summed E-state index contributed by atoms with van der Waals surface area (Å²) in [6.07, 6.45) is 3.26. The Kier molecular flexibility index (Phi) is 3.86. The van der Waals surface area contributed by atoms with E-state index >= 15 is 0 Å². The Balaban J connectivity index is 2.22. The first-order valence-corrected chi connectivity index (χ1v) is 6.73. The number of para-hydroxylation sites is 1. The average molecular weight is 328 g/mol. The lowest BCUT2D eigenvalue weighted by Gasteiger charge is -2.12. The van der Waals surface area contributed by atoms with Crippen LogP contribution in [0.2, 0.25) is 0 Å². The summed E-state index contributed by atoms with van der Waals surface area (Å²) in [6, 6.07) is 6.47. The maximum atomic E-state index is 3.37. The zero-order valence-electron chi connectivity index (χ0n) is 9.76. The number of rotatable bonds is 4. The van der Waals surface area contributed by atoms with E-state index in [9.17, 15) is 0 Å². The summed E-state index contributed by atoms with van der Waals surface area (Å²) in [7, 11) is 2.17. The summed E-state index contributed by atoms with van der Waals surface area (Å²) in [4.78, 5) is 5.71. The van der Waals surface area contributed by atoms with Crippen LogP contribution < -0.4 is 0 Å².